The van der Waals surface area contributed by atoms with Crippen molar-refractivity contribution in [3.63, 3.8) is 0 Å². The molecule has 0 aromatic rings. The largest absolute Gasteiger partial charge is 0.107 e. The first-order valence-corrected chi connectivity index (χ1v) is 0. The van der Waals surface area contributed by atoms with E-state index in [4.69, 9.17) is 0 Å². The van der Waals surface area contributed by atoms with Gasteiger partial charge in [-0.1, -0.05) is 0 Å². The quantitative estimate of drug-likeness (QED) is 0.410. The maximum Gasteiger partial charge on any atom is 0 e. The third-order valence-corrected chi connectivity index (χ3v) is 0. The summed E-state index contributed by atoms with van der Waals surface area (Å²) in [5.41, 5.74) is 0. The Kier molecular flexibility index (Phi) is 254. The first kappa shape index (κ1) is 44.6. The van der Waals surface area contributed by atoms with Gasteiger partial charge in [-0.05, 0) is 0 Å². The SMILES string of the molecule is I.[Cu].[Fe].[Se].[Zn]. The van der Waals surface area contributed by atoms with Crippen LogP contribution in [0, 0.1) is 0 Å². The van der Waals surface area contributed by atoms with Crippen molar-refractivity contribution in [2.45, 2.75) is 0 Å². The molecule has 0 saturated carbocycles. The van der Waals surface area contributed by atoms with Gasteiger partial charge in [-0.3, -0.25) is 0 Å². The molecule has 5 heteroatoms. The molecular formula is HCuFeISeZn. The summed E-state index contributed by atoms with van der Waals surface area (Å²) in [4.78, 5) is 0. The van der Waals surface area contributed by atoms with Gasteiger partial charge in [0.15, 0.2) is 0 Å². The number of hydrogen-bond donors (Lipinski definition) is 0. The van der Waals surface area contributed by atoms with Crippen LogP contribution in [0.2, 0.25) is 0 Å². The van der Waals surface area contributed by atoms with Gasteiger partial charge in [0.2, 0.25) is 0 Å². The molecular weight excluding hydrogens is 391 g/mol. The Morgan fingerprint density at radius 1 is 1.00 bits per heavy atom. The third kappa shape index (κ3) is 19.7. The minimum atomic E-state index is 0. The standard InChI is InChI=1S/Cu.Fe.HI.Se.Zn/h;;1H;;. The maximum absolute atomic E-state index is 0. The third-order valence-electron chi connectivity index (χ3n) is 0. The molecule has 0 rings (SSSR count). The van der Waals surface area contributed by atoms with Crippen molar-refractivity contribution in [2.24, 2.45) is 0 Å². The zero-order valence-electron chi connectivity index (χ0n) is 2.18. The summed E-state index contributed by atoms with van der Waals surface area (Å²) >= 11 is 0. The number of rotatable bonds is 0. The minimum Gasteiger partial charge on any atom is -0.107 e. The second-order valence-electron chi connectivity index (χ2n) is 0. The van der Waals surface area contributed by atoms with Crippen molar-refractivity contribution >= 4 is 41.0 Å². The minimum absolute atomic E-state index is 0. The average molecular weight is 392 g/mol. The van der Waals surface area contributed by atoms with Gasteiger partial charge in [-0.2, -0.15) is 0 Å². The van der Waals surface area contributed by atoms with Crippen LogP contribution in [0.15, 0.2) is 0 Å². The predicted molar refractivity (Wildman–Crippen MR) is 21.2 cm³/mol. The van der Waals surface area contributed by atoms with Gasteiger partial charge in [-0.15, -0.1) is 24.0 Å². The molecule has 35 valence electrons. The summed E-state index contributed by atoms with van der Waals surface area (Å²) in [7, 11) is 0. The van der Waals surface area contributed by atoms with Crippen LogP contribution < -0.4 is 0 Å². The molecule has 0 N–H and O–H groups in total. The first-order valence-electron chi connectivity index (χ1n) is 0. The second kappa shape index (κ2) is 28.5. The van der Waals surface area contributed by atoms with Crippen LogP contribution in [-0.4, -0.2) is 17.1 Å². The monoisotopic (exact) mass is 391 g/mol. The Hall–Kier alpha value is 2.91. The molecule has 0 aliphatic carbocycles. The Labute approximate surface area is 93.2 Å². The topological polar surface area (TPSA) is 0 Å². The summed E-state index contributed by atoms with van der Waals surface area (Å²) in [5.74, 6) is 0. The van der Waals surface area contributed by atoms with Crippen molar-refractivity contribution in [3.8, 4) is 0 Å². The van der Waals surface area contributed by atoms with Crippen LogP contribution in [0.4, 0.5) is 0 Å². The first-order chi connectivity index (χ1) is 0. The molecule has 0 bridgehead atoms. The summed E-state index contributed by atoms with van der Waals surface area (Å²) in [6.45, 7) is 0. The molecule has 5 heavy (non-hydrogen) atoms. The smallest absolute Gasteiger partial charge is 0 e. The van der Waals surface area contributed by atoms with Crippen molar-refractivity contribution < 1.29 is 53.6 Å². The van der Waals surface area contributed by atoms with E-state index in [2.05, 4.69) is 0 Å². The molecule has 0 amide bonds. The van der Waals surface area contributed by atoms with E-state index >= 15 is 0 Å². The molecule has 3 radical (unpaired) electrons. The number of halogens is 1. The van der Waals surface area contributed by atoms with Crippen LogP contribution in [0.5, 0.6) is 0 Å². The van der Waals surface area contributed by atoms with Crippen molar-refractivity contribution in [2.75, 3.05) is 0 Å². The van der Waals surface area contributed by atoms with Gasteiger partial charge in [0.05, 0.1) is 0 Å². The van der Waals surface area contributed by atoms with Crippen LogP contribution in [0.25, 0.3) is 0 Å². The van der Waals surface area contributed by atoms with E-state index in [1.54, 1.807) is 0 Å². The molecule has 0 fully saturated rings. The van der Waals surface area contributed by atoms with E-state index in [1.807, 2.05) is 0 Å². The Bertz CT molecular complexity index is 11.6. The van der Waals surface area contributed by atoms with E-state index in [0.717, 1.165) is 0 Å². The summed E-state index contributed by atoms with van der Waals surface area (Å²) in [6.07, 6.45) is 0. The predicted octanol–water partition coefficient (Wildman–Crippen LogP) is 0.230. The summed E-state index contributed by atoms with van der Waals surface area (Å²) < 4.78 is 0. The van der Waals surface area contributed by atoms with Gasteiger partial charge in [0.1, 0.15) is 0 Å². The summed E-state index contributed by atoms with van der Waals surface area (Å²) in [6, 6.07) is 0. The van der Waals surface area contributed by atoms with E-state index in [0.29, 0.717) is 0 Å². The number of hydrogen-bond acceptors (Lipinski definition) is 0. The van der Waals surface area contributed by atoms with Gasteiger partial charge in [-0.25, -0.2) is 0 Å². The zero-order chi connectivity index (χ0) is 0. The Morgan fingerprint density at radius 2 is 1.00 bits per heavy atom. The van der Waals surface area contributed by atoms with Crippen LogP contribution in [0.1, 0.15) is 0 Å². The van der Waals surface area contributed by atoms with Crippen LogP contribution >= 0.6 is 24.0 Å². The van der Waals surface area contributed by atoms with Crippen LogP contribution in [0.3, 0.4) is 0 Å². The average Bonchev–Trinajstić information content (AvgIpc) is 0. The molecule has 0 aliphatic rings. The van der Waals surface area contributed by atoms with E-state index in [-0.39, 0.29) is 94.7 Å². The van der Waals surface area contributed by atoms with Gasteiger partial charge in [0, 0.05) is 70.7 Å². The van der Waals surface area contributed by atoms with Gasteiger partial charge >= 0.3 is 0 Å². The molecule has 0 saturated heterocycles. The van der Waals surface area contributed by atoms with Crippen LogP contribution in [-0.2, 0) is 53.6 Å². The molecule has 0 aliphatic heterocycles. The molecule has 0 unspecified atom stereocenters. The molecule has 0 spiro atoms. The van der Waals surface area contributed by atoms with Crippen molar-refractivity contribution in [3.05, 3.63) is 0 Å². The zero-order valence-corrected chi connectivity index (χ0v) is 11.2. The fourth-order valence-corrected chi connectivity index (χ4v) is 0. The van der Waals surface area contributed by atoms with Crippen molar-refractivity contribution in [1.29, 1.82) is 0 Å². The summed E-state index contributed by atoms with van der Waals surface area (Å²) in [5, 5.41) is 0. The molecule has 0 heterocycles. The Balaban J connectivity index is 0. The van der Waals surface area contributed by atoms with E-state index in [9.17, 15) is 0 Å². The fraction of sp³-hybridized carbons (Fsp3) is 0. The van der Waals surface area contributed by atoms with Crippen molar-refractivity contribution in [1.82, 2.24) is 0 Å². The fourth-order valence-electron chi connectivity index (χ4n) is 0. The maximum atomic E-state index is 0. The molecule has 0 aromatic carbocycles. The van der Waals surface area contributed by atoms with Gasteiger partial charge in [0.25, 0.3) is 0 Å². The van der Waals surface area contributed by atoms with E-state index in [1.165, 1.54) is 0 Å². The van der Waals surface area contributed by atoms with Gasteiger partial charge < -0.3 is 0 Å². The molecule has 0 aromatic heterocycles. The Morgan fingerprint density at radius 3 is 1.00 bits per heavy atom. The normalized spacial score (nSPS) is 0. The van der Waals surface area contributed by atoms with E-state index < -0.39 is 0 Å². The molecule has 0 nitrogen and oxygen atoms in total. The molecule has 0 atom stereocenters. The second-order valence-corrected chi connectivity index (χ2v) is 0.